The molecule has 3 aromatic rings. The molecule has 0 aliphatic carbocycles. The molecule has 7 N–H and O–H groups in total. The first-order valence-electron chi connectivity index (χ1n) is 11.3. The van der Waals surface area contributed by atoms with Crippen molar-refractivity contribution in [1.82, 2.24) is 20.9 Å². The lowest BCUT2D eigenvalue weighted by atomic mass is 10.0. The topological polar surface area (TPSA) is 166 Å². The SMILES string of the molecule is NCC(=O)NC(Cc1c[nH]c2ccccc12)C(=O)NC(CS)C(=O)NC(Cc1ccccc1)C(=O)O. The Morgan fingerprint density at radius 3 is 2.17 bits per heavy atom. The lowest BCUT2D eigenvalue weighted by Crippen LogP contribution is -2.57. The molecule has 3 unspecified atom stereocenters. The number of H-pyrrole nitrogens is 1. The van der Waals surface area contributed by atoms with E-state index in [1.165, 1.54) is 0 Å². The molecule has 0 fully saturated rings. The average molecular weight is 512 g/mol. The van der Waals surface area contributed by atoms with E-state index in [9.17, 15) is 24.3 Å². The third-order valence-electron chi connectivity index (χ3n) is 5.65. The van der Waals surface area contributed by atoms with Crippen molar-refractivity contribution in [3.8, 4) is 0 Å². The van der Waals surface area contributed by atoms with Crippen LogP contribution in [0.2, 0.25) is 0 Å². The molecular formula is C25H29N5O5S. The van der Waals surface area contributed by atoms with Crippen LogP contribution >= 0.6 is 12.6 Å². The van der Waals surface area contributed by atoms with Crippen LogP contribution in [0.5, 0.6) is 0 Å². The molecule has 0 bridgehead atoms. The maximum atomic E-state index is 13.1. The minimum absolute atomic E-state index is 0.0743. The summed E-state index contributed by atoms with van der Waals surface area (Å²) in [5.41, 5.74) is 7.83. The average Bonchev–Trinajstić information content (AvgIpc) is 3.29. The fourth-order valence-corrected chi connectivity index (χ4v) is 4.03. The molecule has 0 aliphatic rings. The van der Waals surface area contributed by atoms with Crippen molar-refractivity contribution in [2.45, 2.75) is 31.0 Å². The van der Waals surface area contributed by atoms with E-state index < -0.39 is 41.8 Å². The van der Waals surface area contributed by atoms with Gasteiger partial charge in [-0.1, -0.05) is 48.5 Å². The third kappa shape index (κ3) is 7.09. The zero-order valence-corrected chi connectivity index (χ0v) is 20.3. The first-order valence-corrected chi connectivity index (χ1v) is 12.0. The summed E-state index contributed by atoms with van der Waals surface area (Å²) >= 11 is 4.16. The van der Waals surface area contributed by atoms with Crippen LogP contribution in [0.15, 0.2) is 60.8 Å². The number of hydrogen-bond acceptors (Lipinski definition) is 6. The largest absolute Gasteiger partial charge is 0.480 e. The molecule has 0 radical (unpaired) electrons. The molecule has 0 saturated carbocycles. The van der Waals surface area contributed by atoms with Crippen LogP contribution < -0.4 is 21.7 Å². The monoisotopic (exact) mass is 511 g/mol. The van der Waals surface area contributed by atoms with Crippen LogP contribution in [0, 0.1) is 0 Å². The number of rotatable bonds is 12. The van der Waals surface area contributed by atoms with Gasteiger partial charge in [-0.15, -0.1) is 0 Å². The standard InChI is InChI=1S/C25H29N5O5S/c26-12-22(31)28-19(11-16-13-27-18-9-5-4-8-17(16)18)23(32)30-21(14-36)24(33)29-20(25(34)35)10-15-6-2-1-3-7-15/h1-9,13,19-21,27,36H,10-12,14,26H2,(H,28,31)(H,29,33)(H,30,32)(H,34,35). The lowest BCUT2D eigenvalue weighted by molar-refractivity contribution is -0.142. The van der Waals surface area contributed by atoms with Crippen molar-refractivity contribution < 1.29 is 24.3 Å². The van der Waals surface area contributed by atoms with Gasteiger partial charge in [0.05, 0.1) is 6.54 Å². The number of aliphatic carboxylic acids is 1. The molecule has 1 aromatic heterocycles. The van der Waals surface area contributed by atoms with E-state index >= 15 is 0 Å². The molecule has 3 amide bonds. The molecule has 0 aliphatic heterocycles. The number of carboxylic acids is 1. The Morgan fingerprint density at radius 1 is 0.861 bits per heavy atom. The smallest absolute Gasteiger partial charge is 0.326 e. The minimum Gasteiger partial charge on any atom is -0.480 e. The Balaban J connectivity index is 1.71. The van der Waals surface area contributed by atoms with Crippen LogP contribution in [0.1, 0.15) is 11.1 Å². The number of aromatic nitrogens is 1. The Kier molecular flexibility index (Phi) is 9.48. The first kappa shape index (κ1) is 26.8. The fraction of sp³-hybridized carbons (Fsp3) is 0.280. The van der Waals surface area contributed by atoms with E-state index in [-0.39, 0.29) is 25.1 Å². The summed E-state index contributed by atoms with van der Waals surface area (Å²) in [6.07, 6.45) is 1.97. The highest BCUT2D eigenvalue weighted by atomic mass is 32.1. The van der Waals surface area contributed by atoms with Gasteiger partial charge < -0.3 is 31.8 Å². The second-order valence-electron chi connectivity index (χ2n) is 8.22. The van der Waals surface area contributed by atoms with Gasteiger partial charge in [-0.25, -0.2) is 4.79 Å². The van der Waals surface area contributed by atoms with Gasteiger partial charge in [0, 0.05) is 35.7 Å². The van der Waals surface area contributed by atoms with Gasteiger partial charge in [0.2, 0.25) is 17.7 Å². The molecule has 2 aromatic carbocycles. The van der Waals surface area contributed by atoms with E-state index in [1.54, 1.807) is 36.5 Å². The van der Waals surface area contributed by atoms with Crippen LogP contribution in [-0.4, -0.2) is 64.2 Å². The van der Waals surface area contributed by atoms with Crippen molar-refractivity contribution in [3.05, 3.63) is 71.9 Å². The van der Waals surface area contributed by atoms with Crippen molar-refractivity contribution in [3.63, 3.8) is 0 Å². The van der Waals surface area contributed by atoms with Crippen molar-refractivity contribution in [2.24, 2.45) is 5.73 Å². The molecular weight excluding hydrogens is 482 g/mol. The number of thiol groups is 1. The van der Waals surface area contributed by atoms with Crippen LogP contribution in [0.4, 0.5) is 0 Å². The molecule has 11 heteroatoms. The summed E-state index contributed by atoms with van der Waals surface area (Å²) in [5, 5.41) is 18.1. The second kappa shape index (κ2) is 12.8. The van der Waals surface area contributed by atoms with E-state index in [0.29, 0.717) is 0 Å². The van der Waals surface area contributed by atoms with E-state index in [1.807, 2.05) is 24.3 Å². The van der Waals surface area contributed by atoms with E-state index in [2.05, 4.69) is 33.6 Å². The maximum absolute atomic E-state index is 13.1. The summed E-state index contributed by atoms with van der Waals surface area (Å²) in [6.45, 7) is -0.312. The number of nitrogens with two attached hydrogens (primary N) is 1. The summed E-state index contributed by atoms with van der Waals surface area (Å²) in [7, 11) is 0. The molecule has 10 nitrogen and oxygen atoms in total. The molecule has 1 heterocycles. The zero-order chi connectivity index (χ0) is 26.1. The van der Waals surface area contributed by atoms with E-state index in [4.69, 9.17) is 5.73 Å². The number of carboxylic acid groups (broad SMARTS) is 1. The number of hydrogen-bond donors (Lipinski definition) is 7. The van der Waals surface area contributed by atoms with Gasteiger partial charge in [-0.2, -0.15) is 12.6 Å². The number of para-hydroxylation sites is 1. The molecule has 3 rings (SSSR count). The molecule has 3 atom stereocenters. The number of nitrogens with one attached hydrogen (secondary N) is 4. The number of carbonyl (C=O) groups is 4. The summed E-state index contributed by atoms with van der Waals surface area (Å²) < 4.78 is 0. The van der Waals surface area contributed by atoms with E-state index in [0.717, 1.165) is 22.0 Å². The number of aromatic amines is 1. The highest BCUT2D eigenvalue weighted by Crippen LogP contribution is 2.19. The summed E-state index contributed by atoms with van der Waals surface area (Å²) in [6, 6.07) is 13.1. The summed E-state index contributed by atoms with van der Waals surface area (Å²) in [4.78, 5) is 52.9. The number of benzene rings is 2. The zero-order valence-electron chi connectivity index (χ0n) is 19.4. The highest BCUT2D eigenvalue weighted by molar-refractivity contribution is 7.80. The lowest BCUT2D eigenvalue weighted by Gasteiger charge is -2.23. The predicted octanol–water partition coefficient (Wildman–Crippen LogP) is 0.381. The van der Waals surface area contributed by atoms with Crippen molar-refractivity contribution in [1.29, 1.82) is 0 Å². The molecule has 36 heavy (non-hydrogen) atoms. The minimum atomic E-state index is -1.20. The Labute approximate surface area is 213 Å². The molecule has 0 saturated heterocycles. The fourth-order valence-electron chi connectivity index (χ4n) is 3.77. The molecule has 0 spiro atoms. The van der Waals surface area contributed by atoms with Crippen molar-refractivity contribution >= 4 is 47.2 Å². The Morgan fingerprint density at radius 2 is 1.50 bits per heavy atom. The van der Waals surface area contributed by atoms with Crippen LogP contribution in [0.25, 0.3) is 10.9 Å². The van der Waals surface area contributed by atoms with Gasteiger partial charge in [0.15, 0.2) is 0 Å². The predicted molar refractivity (Wildman–Crippen MR) is 138 cm³/mol. The first-order chi connectivity index (χ1) is 17.3. The third-order valence-corrected chi connectivity index (χ3v) is 6.01. The molecule has 190 valence electrons. The number of fused-ring (bicyclic) bond motifs is 1. The normalized spacial score (nSPS) is 13.4. The van der Waals surface area contributed by atoms with Gasteiger partial charge in [-0.3, -0.25) is 14.4 Å². The number of carbonyl (C=O) groups excluding carboxylic acids is 3. The summed E-state index contributed by atoms with van der Waals surface area (Å²) in [5.74, 6) is -3.14. The Hall–Kier alpha value is -3.83. The Bertz CT molecular complexity index is 1220. The van der Waals surface area contributed by atoms with Crippen molar-refractivity contribution in [2.75, 3.05) is 12.3 Å². The highest BCUT2D eigenvalue weighted by Gasteiger charge is 2.29. The second-order valence-corrected chi connectivity index (χ2v) is 8.59. The quantitative estimate of drug-likeness (QED) is 0.174. The van der Waals surface area contributed by atoms with Gasteiger partial charge in [0.25, 0.3) is 0 Å². The van der Waals surface area contributed by atoms with Crippen LogP contribution in [0.3, 0.4) is 0 Å². The van der Waals surface area contributed by atoms with Gasteiger partial charge >= 0.3 is 5.97 Å². The maximum Gasteiger partial charge on any atom is 0.326 e. The number of amides is 3. The van der Waals surface area contributed by atoms with Crippen LogP contribution in [-0.2, 0) is 32.0 Å². The van der Waals surface area contributed by atoms with Gasteiger partial charge in [0.1, 0.15) is 18.1 Å². The van der Waals surface area contributed by atoms with Gasteiger partial charge in [-0.05, 0) is 17.2 Å².